The SMILES string of the molecule is CCC1CCC(NC2CCCSC2C)CC1. The standard InChI is InChI=1S/C14H27NS/c1-3-12-6-8-13(9-7-12)15-14-5-4-10-16-11(14)2/h11-15H,3-10H2,1-2H3. The van der Waals surface area contributed by atoms with Crippen LogP contribution in [0.4, 0.5) is 0 Å². The van der Waals surface area contributed by atoms with E-state index in [4.69, 9.17) is 0 Å². The fourth-order valence-electron chi connectivity index (χ4n) is 3.18. The first kappa shape index (κ1) is 12.8. The first-order chi connectivity index (χ1) is 7.79. The van der Waals surface area contributed by atoms with Crippen LogP contribution in [-0.2, 0) is 0 Å². The molecule has 1 N–H and O–H groups in total. The highest BCUT2D eigenvalue weighted by Gasteiger charge is 2.26. The molecule has 2 heteroatoms. The second kappa shape index (κ2) is 6.30. The summed E-state index contributed by atoms with van der Waals surface area (Å²) in [5.41, 5.74) is 0. The van der Waals surface area contributed by atoms with Crippen LogP contribution in [0.2, 0.25) is 0 Å². The molecule has 94 valence electrons. The van der Waals surface area contributed by atoms with Crippen LogP contribution in [0.25, 0.3) is 0 Å². The summed E-state index contributed by atoms with van der Waals surface area (Å²) in [7, 11) is 0. The Morgan fingerprint density at radius 2 is 1.88 bits per heavy atom. The van der Waals surface area contributed by atoms with E-state index in [0.29, 0.717) is 0 Å². The van der Waals surface area contributed by atoms with E-state index in [1.54, 1.807) is 0 Å². The predicted octanol–water partition coefficient (Wildman–Crippen LogP) is 3.83. The van der Waals surface area contributed by atoms with Crippen molar-refractivity contribution in [1.82, 2.24) is 5.32 Å². The van der Waals surface area contributed by atoms with E-state index >= 15 is 0 Å². The van der Waals surface area contributed by atoms with Gasteiger partial charge in [0, 0.05) is 17.3 Å². The molecular formula is C14H27NS. The molecule has 1 aliphatic carbocycles. The van der Waals surface area contributed by atoms with Crippen LogP contribution >= 0.6 is 11.8 Å². The maximum atomic E-state index is 3.93. The molecule has 1 nitrogen and oxygen atoms in total. The molecule has 0 aromatic carbocycles. The van der Waals surface area contributed by atoms with Crippen LogP contribution in [-0.4, -0.2) is 23.1 Å². The fourth-order valence-corrected chi connectivity index (χ4v) is 4.33. The number of hydrogen-bond acceptors (Lipinski definition) is 2. The van der Waals surface area contributed by atoms with Crippen molar-refractivity contribution in [1.29, 1.82) is 0 Å². The summed E-state index contributed by atoms with van der Waals surface area (Å²) in [6.45, 7) is 4.75. The van der Waals surface area contributed by atoms with Crippen LogP contribution in [0.15, 0.2) is 0 Å². The fraction of sp³-hybridized carbons (Fsp3) is 1.00. The summed E-state index contributed by atoms with van der Waals surface area (Å²) in [6.07, 6.45) is 9.98. The topological polar surface area (TPSA) is 12.0 Å². The Morgan fingerprint density at radius 1 is 1.12 bits per heavy atom. The van der Waals surface area contributed by atoms with E-state index in [1.807, 2.05) is 0 Å². The van der Waals surface area contributed by atoms with Gasteiger partial charge in [-0.2, -0.15) is 11.8 Å². The summed E-state index contributed by atoms with van der Waals surface area (Å²) in [6, 6.07) is 1.62. The maximum Gasteiger partial charge on any atom is 0.0186 e. The van der Waals surface area contributed by atoms with Gasteiger partial charge in [-0.05, 0) is 50.2 Å². The zero-order valence-electron chi connectivity index (χ0n) is 10.9. The predicted molar refractivity (Wildman–Crippen MR) is 74.1 cm³/mol. The molecule has 2 rings (SSSR count). The molecule has 2 atom stereocenters. The lowest BCUT2D eigenvalue weighted by atomic mass is 9.84. The summed E-state index contributed by atoms with van der Waals surface area (Å²) in [4.78, 5) is 0. The summed E-state index contributed by atoms with van der Waals surface area (Å²) in [5, 5.41) is 4.76. The van der Waals surface area contributed by atoms with Crippen LogP contribution < -0.4 is 5.32 Å². The zero-order chi connectivity index (χ0) is 11.4. The Bertz CT molecular complexity index is 199. The zero-order valence-corrected chi connectivity index (χ0v) is 11.7. The lowest BCUT2D eigenvalue weighted by Gasteiger charge is -2.36. The van der Waals surface area contributed by atoms with E-state index in [-0.39, 0.29) is 0 Å². The van der Waals surface area contributed by atoms with Gasteiger partial charge >= 0.3 is 0 Å². The third kappa shape index (κ3) is 3.40. The monoisotopic (exact) mass is 241 g/mol. The number of rotatable bonds is 3. The molecule has 0 bridgehead atoms. The molecular weight excluding hydrogens is 214 g/mol. The summed E-state index contributed by atoms with van der Waals surface area (Å²) >= 11 is 2.16. The first-order valence-corrected chi connectivity index (χ1v) is 8.22. The molecule has 0 radical (unpaired) electrons. The molecule has 2 aliphatic rings. The Kier molecular flexibility index (Phi) is 5.02. The van der Waals surface area contributed by atoms with Gasteiger partial charge < -0.3 is 5.32 Å². The van der Waals surface area contributed by atoms with Gasteiger partial charge in [0.25, 0.3) is 0 Å². The van der Waals surface area contributed by atoms with E-state index < -0.39 is 0 Å². The second-order valence-corrected chi connectivity index (χ2v) is 7.10. The largest absolute Gasteiger partial charge is 0.310 e. The summed E-state index contributed by atoms with van der Waals surface area (Å²) in [5.74, 6) is 2.40. The van der Waals surface area contributed by atoms with Crippen molar-refractivity contribution in [2.75, 3.05) is 5.75 Å². The van der Waals surface area contributed by atoms with E-state index in [9.17, 15) is 0 Å². The number of thioether (sulfide) groups is 1. The first-order valence-electron chi connectivity index (χ1n) is 7.17. The molecule has 2 fully saturated rings. The van der Waals surface area contributed by atoms with Crippen molar-refractivity contribution in [2.24, 2.45) is 5.92 Å². The van der Waals surface area contributed by atoms with Gasteiger partial charge in [0.15, 0.2) is 0 Å². The lowest BCUT2D eigenvalue weighted by molar-refractivity contribution is 0.262. The molecule has 1 aliphatic heterocycles. The molecule has 0 spiro atoms. The average molecular weight is 241 g/mol. The maximum absolute atomic E-state index is 3.93. The number of hydrogen-bond donors (Lipinski definition) is 1. The smallest absolute Gasteiger partial charge is 0.0186 e. The van der Waals surface area contributed by atoms with Crippen LogP contribution in [0.3, 0.4) is 0 Å². The van der Waals surface area contributed by atoms with Crippen LogP contribution in [0.5, 0.6) is 0 Å². The number of nitrogens with one attached hydrogen (secondary N) is 1. The van der Waals surface area contributed by atoms with Gasteiger partial charge in [0.1, 0.15) is 0 Å². The Labute approximate surface area is 105 Å². The quantitative estimate of drug-likeness (QED) is 0.806. The molecule has 1 heterocycles. The van der Waals surface area contributed by atoms with Crippen LogP contribution in [0, 0.1) is 5.92 Å². The van der Waals surface area contributed by atoms with Gasteiger partial charge in [0.05, 0.1) is 0 Å². The van der Waals surface area contributed by atoms with E-state index in [2.05, 4.69) is 30.9 Å². The van der Waals surface area contributed by atoms with Crippen molar-refractivity contribution in [3.63, 3.8) is 0 Å². The Morgan fingerprint density at radius 3 is 2.50 bits per heavy atom. The molecule has 1 saturated heterocycles. The lowest BCUT2D eigenvalue weighted by Crippen LogP contribution is -2.46. The Hall–Kier alpha value is 0.310. The molecule has 0 aromatic heterocycles. The van der Waals surface area contributed by atoms with Gasteiger partial charge in [0.2, 0.25) is 0 Å². The minimum Gasteiger partial charge on any atom is -0.310 e. The highest BCUT2D eigenvalue weighted by atomic mass is 32.2. The van der Waals surface area contributed by atoms with Gasteiger partial charge in [-0.3, -0.25) is 0 Å². The molecule has 2 unspecified atom stereocenters. The molecule has 1 saturated carbocycles. The highest BCUT2D eigenvalue weighted by molar-refractivity contribution is 7.99. The molecule has 16 heavy (non-hydrogen) atoms. The van der Waals surface area contributed by atoms with Gasteiger partial charge in [-0.1, -0.05) is 20.3 Å². The third-order valence-corrected chi connectivity index (χ3v) is 5.86. The average Bonchev–Trinajstić information content (AvgIpc) is 2.33. The molecule has 0 aromatic rings. The van der Waals surface area contributed by atoms with Gasteiger partial charge in [-0.15, -0.1) is 0 Å². The minimum atomic E-state index is 0.793. The van der Waals surface area contributed by atoms with Gasteiger partial charge in [-0.25, -0.2) is 0 Å². The second-order valence-electron chi connectivity index (χ2n) is 5.62. The normalized spacial score (nSPS) is 40.9. The van der Waals surface area contributed by atoms with E-state index in [1.165, 1.54) is 50.7 Å². The van der Waals surface area contributed by atoms with Crippen molar-refractivity contribution < 1.29 is 0 Å². The van der Waals surface area contributed by atoms with E-state index in [0.717, 1.165) is 23.3 Å². The summed E-state index contributed by atoms with van der Waals surface area (Å²) < 4.78 is 0. The van der Waals surface area contributed by atoms with Crippen molar-refractivity contribution in [2.45, 2.75) is 76.1 Å². The highest BCUT2D eigenvalue weighted by Crippen LogP contribution is 2.30. The van der Waals surface area contributed by atoms with Crippen molar-refractivity contribution >= 4 is 11.8 Å². The Balaban J connectivity index is 1.73. The van der Waals surface area contributed by atoms with Crippen molar-refractivity contribution in [3.8, 4) is 0 Å². The van der Waals surface area contributed by atoms with Crippen molar-refractivity contribution in [3.05, 3.63) is 0 Å². The third-order valence-electron chi connectivity index (χ3n) is 4.48. The minimum absolute atomic E-state index is 0.793. The molecule has 0 amide bonds. The van der Waals surface area contributed by atoms with Crippen LogP contribution in [0.1, 0.15) is 58.8 Å².